The van der Waals surface area contributed by atoms with Gasteiger partial charge in [-0.2, -0.15) is 4.31 Å². The average molecular weight is 422 g/mol. The highest BCUT2D eigenvalue weighted by Crippen LogP contribution is 2.25. The van der Waals surface area contributed by atoms with Gasteiger partial charge in [0.05, 0.1) is 4.90 Å². The number of benzene rings is 1. The Morgan fingerprint density at radius 2 is 1.79 bits per heavy atom. The zero-order valence-corrected chi connectivity index (χ0v) is 18.6. The van der Waals surface area contributed by atoms with Gasteiger partial charge in [-0.25, -0.2) is 8.42 Å². The molecule has 0 aromatic heterocycles. The first-order valence-electron chi connectivity index (χ1n) is 11.0. The number of carbonyl (C=O) groups excluding carboxylic acids is 1. The van der Waals surface area contributed by atoms with Gasteiger partial charge < -0.3 is 10.2 Å². The molecular formula is C22H35N3O3S. The molecule has 2 saturated heterocycles. The van der Waals surface area contributed by atoms with Gasteiger partial charge in [0.15, 0.2) is 0 Å². The first-order chi connectivity index (χ1) is 13.9. The molecule has 1 aromatic carbocycles. The molecule has 2 aliphatic heterocycles. The summed E-state index contributed by atoms with van der Waals surface area (Å²) in [4.78, 5) is 15.2. The maximum atomic E-state index is 13.0. The van der Waals surface area contributed by atoms with Gasteiger partial charge in [-0.1, -0.05) is 18.9 Å². The van der Waals surface area contributed by atoms with E-state index in [1.54, 1.807) is 22.5 Å². The van der Waals surface area contributed by atoms with Gasteiger partial charge >= 0.3 is 0 Å². The van der Waals surface area contributed by atoms with Gasteiger partial charge in [0, 0.05) is 37.3 Å². The number of piperidine rings is 2. The summed E-state index contributed by atoms with van der Waals surface area (Å²) in [6.07, 6.45) is 7.56. The third-order valence-corrected chi connectivity index (χ3v) is 8.30. The van der Waals surface area contributed by atoms with E-state index in [1.165, 1.54) is 25.3 Å². The summed E-state index contributed by atoms with van der Waals surface area (Å²) in [5.41, 5.74) is 0.405. The standard InChI is InChI=1S/C22H35N3O3S/c1-18-9-3-5-14-24(18)15-8-13-23-22(26)20-11-7-12-21(17-20)29(27,28)25-16-6-4-10-19(25)2/h7,11-12,17-19H,3-6,8-10,13-16H2,1-2H3,(H,23,26)/t18-,19+/m1/s1. The number of nitrogens with zero attached hydrogens (tertiary/aromatic N) is 2. The second-order valence-corrected chi connectivity index (χ2v) is 10.4. The molecule has 2 aliphatic rings. The average Bonchev–Trinajstić information content (AvgIpc) is 2.72. The molecule has 1 N–H and O–H groups in total. The quantitative estimate of drug-likeness (QED) is 0.686. The molecule has 1 amide bonds. The molecule has 1 aromatic rings. The predicted octanol–water partition coefficient (Wildman–Crippen LogP) is 3.24. The minimum atomic E-state index is -3.57. The summed E-state index contributed by atoms with van der Waals surface area (Å²) in [6, 6.07) is 7.07. The summed E-state index contributed by atoms with van der Waals surface area (Å²) < 4.78 is 27.6. The third kappa shape index (κ3) is 5.58. The third-order valence-electron chi connectivity index (χ3n) is 6.29. The molecule has 0 spiro atoms. The lowest BCUT2D eigenvalue weighted by Gasteiger charge is -2.33. The summed E-state index contributed by atoms with van der Waals surface area (Å²) in [7, 11) is -3.57. The van der Waals surface area contributed by atoms with Crippen molar-refractivity contribution >= 4 is 15.9 Å². The molecule has 0 saturated carbocycles. The van der Waals surface area contributed by atoms with Crippen LogP contribution in [0.2, 0.25) is 0 Å². The van der Waals surface area contributed by atoms with Gasteiger partial charge in [0.25, 0.3) is 5.91 Å². The van der Waals surface area contributed by atoms with Crippen molar-refractivity contribution in [2.75, 3.05) is 26.2 Å². The largest absolute Gasteiger partial charge is 0.352 e. The minimum Gasteiger partial charge on any atom is -0.352 e. The van der Waals surface area contributed by atoms with Gasteiger partial charge in [-0.15, -0.1) is 0 Å². The van der Waals surface area contributed by atoms with E-state index in [9.17, 15) is 13.2 Å². The molecule has 0 aliphatic carbocycles. The van der Waals surface area contributed by atoms with E-state index in [2.05, 4.69) is 17.1 Å². The summed E-state index contributed by atoms with van der Waals surface area (Å²) >= 11 is 0. The van der Waals surface area contributed by atoms with Crippen molar-refractivity contribution in [2.45, 2.75) is 75.8 Å². The van der Waals surface area contributed by atoms with Gasteiger partial charge in [-0.05, 0) is 70.7 Å². The Labute approximate surface area is 175 Å². The molecule has 0 unspecified atom stereocenters. The number of carbonyl (C=O) groups is 1. The van der Waals surface area contributed by atoms with Crippen LogP contribution in [0.1, 0.15) is 69.2 Å². The maximum Gasteiger partial charge on any atom is 0.251 e. The monoisotopic (exact) mass is 421 g/mol. The number of nitrogens with one attached hydrogen (secondary N) is 1. The molecule has 0 bridgehead atoms. The van der Waals surface area contributed by atoms with Crippen LogP contribution in [-0.2, 0) is 10.0 Å². The number of likely N-dealkylation sites (tertiary alicyclic amines) is 1. The number of hydrogen-bond donors (Lipinski definition) is 1. The molecular weight excluding hydrogens is 386 g/mol. The lowest BCUT2D eigenvalue weighted by molar-refractivity contribution is 0.0948. The summed E-state index contributed by atoms with van der Waals surface area (Å²) in [6.45, 7) is 7.51. The first-order valence-corrected chi connectivity index (χ1v) is 12.5. The molecule has 2 atom stereocenters. The molecule has 29 heavy (non-hydrogen) atoms. The molecule has 3 rings (SSSR count). The van der Waals surface area contributed by atoms with Crippen molar-refractivity contribution in [3.63, 3.8) is 0 Å². The predicted molar refractivity (Wildman–Crippen MR) is 115 cm³/mol. The summed E-state index contributed by atoms with van der Waals surface area (Å²) in [5.74, 6) is -0.208. The lowest BCUT2D eigenvalue weighted by Crippen LogP contribution is -2.42. The van der Waals surface area contributed by atoms with E-state index in [1.807, 2.05) is 6.92 Å². The maximum absolute atomic E-state index is 13.0. The lowest BCUT2D eigenvalue weighted by atomic mass is 10.0. The van der Waals surface area contributed by atoms with E-state index in [-0.39, 0.29) is 16.8 Å². The van der Waals surface area contributed by atoms with Crippen molar-refractivity contribution in [1.82, 2.24) is 14.5 Å². The molecule has 7 heteroatoms. The van der Waals surface area contributed by atoms with Crippen molar-refractivity contribution in [1.29, 1.82) is 0 Å². The SMILES string of the molecule is C[C@@H]1CCCCN1CCCNC(=O)c1cccc(S(=O)(=O)N2CCCC[C@@H]2C)c1. The molecule has 162 valence electrons. The normalized spacial score (nSPS) is 24.3. The van der Waals surface area contributed by atoms with Crippen LogP contribution in [0.4, 0.5) is 0 Å². The van der Waals surface area contributed by atoms with Crippen LogP contribution < -0.4 is 5.32 Å². The fourth-order valence-corrected chi connectivity index (χ4v) is 6.18. The van der Waals surface area contributed by atoms with Crippen LogP contribution in [0.3, 0.4) is 0 Å². The Morgan fingerprint density at radius 1 is 1.07 bits per heavy atom. The van der Waals surface area contributed by atoms with Crippen LogP contribution >= 0.6 is 0 Å². The van der Waals surface area contributed by atoms with Crippen molar-refractivity contribution in [2.24, 2.45) is 0 Å². The highest BCUT2D eigenvalue weighted by atomic mass is 32.2. The van der Waals surface area contributed by atoms with Crippen LogP contribution in [0, 0.1) is 0 Å². The fourth-order valence-electron chi connectivity index (χ4n) is 4.44. The minimum absolute atomic E-state index is 0.00316. The Balaban J connectivity index is 1.56. The van der Waals surface area contributed by atoms with Crippen LogP contribution in [0.15, 0.2) is 29.2 Å². The number of rotatable bonds is 7. The second kappa shape index (κ2) is 10.0. The van der Waals surface area contributed by atoms with E-state index >= 15 is 0 Å². The molecule has 2 heterocycles. The van der Waals surface area contributed by atoms with Crippen molar-refractivity contribution < 1.29 is 13.2 Å². The van der Waals surface area contributed by atoms with E-state index in [0.29, 0.717) is 24.7 Å². The van der Waals surface area contributed by atoms with Gasteiger partial charge in [0.1, 0.15) is 0 Å². The second-order valence-electron chi connectivity index (χ2n) is 8.48. The van der Waals surface area contributed by atoms with Gasteiger partial charge in [-0.3, -0.25) is 4.79 Å². The van der Waals surface area contributed by atoms with Crippen LogP contribution in [0.25, 0.3) is 0 Å². The number of hydrogen-bond acceptors (Lipinski definition) is 4. The Kier molecular flexibility index (Phi) is 7.71. The smallest absolute Gasteiger partial charge is 0.251 e. The Hall–Kier alpha value is -1.44. The zero-order chi connectivity index (χ0) is 20.9. The number of amides is 1. The highest BCUT2D eigenvalue weighted by Gasteiger charge is 2.31. The highest BCUT2D eigenvalue weighted by molar-refractivity contribution is 7.89. The first kappa shape index (κ1) is 22.2. The van der Waals surface area contributed by atoms with Crippen LogP contribution in [-0.4, -0.2) is 61.8 Å². The summed E-state index contributed by atoms with van der Waals surface area (Å²) in [5, 5.41) is 2.95. The van der Waals surface area contributed by atoms with Gasteiger partial charge in [0.2, 0.25) is 10.0 Å². The topological polar surface area (TPSA) is 69.7 Å². The van der Waals surface area contributed by atoms with Crippen molar-refractivity contribution in [3.05, 3.63) is 29.8 Å². The van der Waals surface area contributed by atoms with Crippen LogP contribution in [0.5, 0.6) is 0 Å². The van der Waals surface area contributed by atoms with E-state index in [4.69, 9.17) is 0 Å². The molecule has 2 fully saturated rings. The van der Waals surface area contributed by atoms with Crippen molar-refractivity contribution in [3.8, 4) is 0 Å². The van der Waals surface area contributed by atoms with E-state index < -0.39 is 10.0 Å². The Morgan fingerprint density at radius 3 is 2.52 bits per heavy atom. The van der Waals surface area contributed by atoms with E-state index in [0.717, 1.165) is 38.8 Å². The Bertz CT molecular complexity index is 796. The molecule has 0 radical (unpaired) electrons. The zero-order valence-electron chi connectivity index (χ0n) is 17.8. The number of sulfonamides is 1. The molecule has 6 nitrogen and oxygen atoms in total. The fraction of sp³-hybridized carbons (Fsp3) is 0.682.